The van der Waals surface area contributed by atoms with Crippen molar-refractivity contribution in [1.29, 1.82) is 0 Å². The average molecular weight is 326 g/mol. The zero-order chi connectivity index (χ0) is 18.2. The van der Waals surface area contributed by atoms with Crippen LogP contribution in [0.4, 0.5) is 0 Å². The summed E-state index contributed by atoms with van der Waals surface area (Å²) in [5.41, 5.74) is 19.6. The fraction of sp³-hybridized carbons (Fsp3) is 0.333. The van der Waals surface area contributed by atoms with Crippen molar-refractivity contribution in [1.82, 2.24) is 0 Å². The van der Waals surface area contributed by atoms with Crippen LogP contribution in [0.15, 0.2) is 50.6 Å². The number of hydrogen-bond acceptors (Lipinski definition) is 5. The van der Waals surface area contributed by atoms with Crippen LogP contribution in [0.3, 0.4) is 0 Å². The van der Waals surface area contributed by atoms with E-state index in [0.717, 1.165) is 0 Å². The fourth-order valence-electron chi connectivity index (χ4n) is 0. The highest BCUT2D eigenvalue weighted by atomic mass is 31.2. The van der Waals surface area contributed by atoms with E-state index in [1.807, 2.05) is 0 Å². The minimum absolute atomic E-state index is 0.583. The van der Waals surface area contributed by atoms with Crippen molar-refractivity contribution in [2.45, 2.75) is 0 Å². The summed E-state index contributed by atoms with van der Waals surface area (Å²) in [6.07, 6.45) is 6.61. The van der Waals surface area contributed by atoms with Gasteiger partial charge in [0.05, 0.1) is 0 Å². The molecular formula is C12H31N4O4P. The molecule has 0 aliphatic heterocycles. The van der Waals surface area contributed by atoms with E-state index < -0.39 is 7.82 Å². The van der Waals surface area contributed by atoms with E-state index in [-0.39, 0.29) is 0 Å². The second-order valence-electron chi connectivity index (χ2n) is 2.61. The molecule has 0 aliphatic rings. The van der Waals surface area contributed by atoms with E-state index in [4.69, 9.17) is 42.2 Å². The normalized spacial score (nSPS) is 7.57. The molecule has 8 nitrogen and oxygen atoms in total. The molecule has 0 rings (SSSR count). The Morgan fingerprint density at radius 3 is 0.714 bits per heavy atom. The number of rotatable bonds is 4. The Balaban J connectivity index is -0.0000000510. The van der Waals surface area contributed by atoms with E-state index in [9.17, 15) is 0 Å². The van der Waals surface area contributed by atoms with Gasteiger partial charge in [0.1, 0.15) is 0 Å². The zero-order valence-corrected chi connectivity index (χ0v) is 13.4. The second kappa shape index (κ2) is 36.4. The van der Waals surface area contributed by atoms with Gasteiger partial charge < -0.3 is 37.6 Å². The summed E-state index contributed by atoms with van der Waals surface area (Å²) in [5, 5.41) is 0. The van der Waals surface area contributed by atoms with Crippen LogP contribution in [-0.2, 0) is 4.57 Å². The molecule has 0 fully saturated rings. The molecule has 0 heterocycles. The van der Waals surface area contributed by atoms with E-state index in [1.54, 1.807) is 24.3 Å². The van der Waals surface area contributed by atoms with E-state index in [1.165, 1.54) is 0 Å². The van der Waals surface area contributed by atoms with E-state index in [2.05, 4.69) is 26.3 Å². The van der Waals surface area contributed by atoms with Crippen molar-refractivity contribution in [2.24, 2.45) is 22.9 Å². The first-order valence-corrected chi connectivity index (χ1v) is 7.25. The van der Waals surface area contributed by atoms with Crippen LogP contribution in [0.25, 0.3) is 0 Å². The van der Waals surface area contributed by atoms with Crippen molar-refractivity contribution in [3.05, 3.63) is 50.6 Å². The molecule has 0 aromatic rings. The monoisotopic (exact) mass is 326 g/mol. The SMILES string of the molecule is C=CCN.C=CCN.C=CCN.C=CCN.O=P(O)(O)O. The minimum atomic E-state index is -4.64. The van der Waals surface area contributed by atoms with Crippen LogP contribution in [0.1, 0.15) is 0 Å². The number of hydrogen-bond donors (Lipinski definition) is 7. The predicted molar refractivity (Wildman–Crippen MR) is 91.3 cm³/mol. The third-order valence-electron chi connectivity index (χ3n) is 0.667. The van der Waals surface area contributed by atoms with Crippen molar-refractivity contribution in [3.8, 4) is 0 Å². The van der Waals surface area contributed by atoms with Crippen LogP contribution in [-0.4, -0.2) is 40.9 Å². The van der Waals surface area contributed by atoms with Gasteiger partial charge in [0.2, 0.25) is 0 Å². The smallest absolute Gasteiger partial charge is 0.327 e. The summed E-state index contributed by atoms with van der Waals surface area (Å²) < 4.78 is 8.88. The molecular weight excluding hydrogens is 295 g/mol. The standard InChI is InChI=1S/4C3H7N.H3O4P/c4*1-2-3-4;1-5(2,3)4/h4*2H,1,3-4H2;(H3,1,2,3,4). The fourth-order valence-corrected chi connectivity index (χ4v) is 0. The first-order valence-electron chi connectivity index (χ1n) is 5.68. The molecule has 0 unspecified atom stereocenters. The molecule has 21 heavy (non-hydrogen) atoms. The first kappa shape index (κ1) is 32.0. The first-order chi connectivity index (χ1) is 9.66. The van der Waals surface area contributed by atoms with Gasteiger partial charge in [0.15, 0.2) is 0 Å². The van der Waals surface area contributed by atoms with Crippen molar-refractivity contribution in [2.75, 3.05) is 26.2 Å². The van der Waals surface area contributed by atoms with Crippen molar-refractivity contribution in [3.63, 3.8) is 0 Å². The third-order valence-corrected chi connectivity index (χ3v) is 0.667. The minimum Gasteiger partial charge on any atom is -0.327 e. The predicted octanol–water partition coefficient (Wildman–Crippen LogP) is -0.404. The maximum atomic E-state index is 8.88. The Hall–Kier alpha value is -1.09. The van der Waals surface area contributed by atoms with E-state index >= 15 is 0 Å². The molecule has 0 aliphatic carbocycles. The van der Waals surface area contributed by atoms with Gasteiger partial charge in [-0.05, 0) is 0 Å². The lowest BCUT2D eigenvalue weighted by Crippen LogP contribution is -1.90. The van der Waals surface area contributed by atoms with Gasteiger partial charge >= 0.3 is 7.82 Å². The van der Waals surface area contributed by atoms with Crippen LogP contribution in [0, 0.1) is 0 Å². The topological polar surface area (TPSA) is 182 Å². The van der Waals surface area contributed by atoms with Gasteiger partial charge in [-0.2, -0.15) is 0 Å². The zero-order valence-electron chi connectivity index (χ0n) is 12.5. The Kier molecular flexibility index (Phi) is 55.5. The molecule has 0 aromatic carbocycles. The summed E-state index contributed by atoms with van der Waals surface area (Å²) >= 11 is 0. The maximum Gasteiger partial charge on any atom is 0.466 e. The summed E-state index contributed by atoms with van der Waals surface area (Å²) in [6.45, 7) is 15.8. The van der Waals surface area contributed by atoms with E-state index in [0.29, 0.717) is 26.2 Å². The molecule has 11 N–H and O–H groups in total. The highest BCUT2D eigenvalue weighted by Gasteiger charge is 2.00. The lowest BCUT2D eigenvalue weighted by atomic mass is 10.7. The Morgan fingerprint density at radius 1 is 0.667 bits per heavy atom. The van der Waals surface area contributed by atoms with Gasteiger partial charge in [-0.15, -0.1) is 26.3 Å². The lowest BCUT2D eigenvalue weighted by molar-refractivity contribution is 0.275. The van der Waals surface area contributed by atoms with Gasteiger partial charge in [-0.1, -0.05) is 24.3 Å². The summed E-state index contributed by atoms with van der Waals surface area (Å²) in [5.74, 6) is 0. The number of phosphoric acid groups is 1. The molecule has 128 valence electrons. The quantitative estimate of drug-likeness (QED) is 0.269. The second-order valence-corrected chi connectivity index (χ2v) is 3.64. The van der Waals surface area contributed by atoms with Crippen LogP contribution >= 0.6 is 7.82 Å². The van der Waals surface area contributed by atoms with Crippen molar-refractivity contribution >= 4 is 7.82 Å². The molecule has 9 heteroatoms. The summed E-state index contributed by atoms with van der Waals surface area (Å²) in [4.78, 5) is 21.6. The molecule has 0 aromatic heterocycles. The lowest BCUT2D eigenvalue weighted by Gasteiger charge is -1.82. The molecule has 0 saturated carbocycles. The Labute approximate surface area is 127 Å². The summed E-state index contributed by atoms with van der Waals surface area (Å²) in [7, 11) is -4.64. The third kappa shape index (κ3) is 639. The summed E-state index contributed by atoms with van der Waals surface area (Å²) in [6, 6.07) is 0. The van der Waals surface area contributed by atoms with Gasteiger partial charge in [-0.3, -0.25) is 0 Å². The molecule has 0 spiro atoms. The molecule has 0 atom stereocenters. The van der Waals surface area contributed by atoms with Gasteiger partial charge in [-0.25, -0.2) is 4.57 Å². The Bertz CT molecular complexity index is 217. The van der Waals surface area contributed by atoms with Crippen LogP contribution < -0.4 is 22.9 Å². The Morgan fingerprint density at radius 2 is 0.714 bits per heavy atom. The number of nitrogens with two attached hydrogens (primary N) is 4. The molecule has 0 amide bonds. The largest absolute Gasteiger partial charge is 0.466 e. The highest BCUT2D eigenvalue weighted by Crippen LogP contribution is 2.25. The highest BCUT2D eigenvalue weighted by molar-refractivity contribution is 7.45. The average Bonchev–Trinajstić information content (AvgIpc) is 2.45. The van der Waals surface area contributed by atoms with Crippen LogP contribution in [0.2, 0.25) is 0 Å². The molecule has 0 radical (unpaired) electrons. The van der Waals surface area contributed by atoms with Crippen molar-refractivity contribution < 1.29 is 19.2 Å². The molecule has 0 saturated heterocycles. The van der Waals surface area contributed by atoms with Gasteiger partial charge in [0, 0.05) is 26.2 Å². The maximum absolute atomic E-state index is 8.88. The van der Waals surface area contributed by atoms with Crippen LogP contribution in [0.5, 0.6) is 0 Å². The molecule has 0 bridgehead atoms. The van der Waals surface area contributed by atoms with Gasteiger partial charge in [0.25, 0.3) is 0 Å².